The highest BCUT2D eigenvalue weighted by atomic mass is 32.1. The molecule has 0 atom stereocenters. The highest BCUT2D eigenvalue weighted by Gasteiger charge is 2.21. The van der Waals surface area contributed by atoms with Crippen molar-refractivity contribution in [2.45, 2.75) is 0 Å². The summed E-state index contributed by atoms with van der Waals surface area (Å²) in [7, 11) is 0. The van der Waals surface area contributed by atoms with Gasteiger partial charge in [0.1, 0.15) is 0 Å². The van der Waals surface area contributed by atoms with Gasteiger partial charge < -0.3 is 0 Å². The third-order valence-electron chi connectivity index (χ3n) is 8.34. The molecule has 0 aliphatic rings. The predicted octanol–water partition coefficient (Wildman–Crippen LogP) is 12.1. The van der Waals surface area contributed by atoms with Crippen LogP contribution in [0.15, 0.2) is 133 Å². The Labute approximate surface area is 239 Å². The van der Waals surface area contributed by atoms with E-state index in [4.69, 9.17) is 0 Å². The van der Waals surface area contributed by atoms with E-state index in [0.717, 1.165) is 0 Å². The van der Waals surface area contributed by atoms with Crippen LogP contribution in [0.4, 0.5) is 0 Å². The molecule has 2 heterocycles. The molecular weight excluding hydrogens is 521 g/mol. The van der Waals surface area contributed by atoms with Crippen LogP contribution < -0.4 is 0 Å². The minimum absolute atomic E-state index is 1.27. The van der Waals surface area contributed by atoms with Gasteiger partial charge in [-0.25, -0.2) is 0 Å². The van der Waals surface area contributed by atoms with Gasteiger partial charge >= 0.3 is 0 Å². The second-order valence-corrected chi connectivity index (χ2v) is 12.4. The van der Waals surface area contributed by atoms with Gasteiger partial charge in [0.25, 0.3) is 0 Å². The molecule has 9 aromatic rings. The van der Waals surface area contributed by atoms with Crippen LogP contribution in [-0.2, 0) is 0 Å². The molecule has 2 aromatic heterocycles. The summed E-state index contributed by atoms with van der Waals surface area (Å²) in [4.78, 5) is 0. The van der Waals surface area contributed by atoms with Gasteiger partial charge in [-0.15, -0.1) is 22.7 Å². The second-order valence-electron chi connectivity index (χ2n) is 10.4. The number of benzene rings is 7. The molecule has 186 valence electrons. The number of rotatable bonds is 2. The lowest BCUT2D eigenvalue weighted by molar-refractivity contribution is 1.70. The molecule has 0 unspecified atom stereocenters. The molecule has 0 saturated heterocycles. The van der Waals surface area contributed by atoms with E-state index in [9.17, 15) is 0 Å². The first-order valence-corrected chi connectivity index (χ1v) is 15.3. The standard InChI is InChI=1S/C38H22S2/c1-2-12-24-23(10-1)11-9-18-25(24)35-26-13-3-5-15-28(26)36(29-16-6-4-14-27(29)35)32-22-34-37(38-30(32)20-21-39-38)31-17-7-8-19-33(31)40-34/h1-22H. The van der Waals surface area contributed by atoms with E-state index in [0.29, 0.717) is 0 Å². The van der Waals surface area contributed by atoms with Gasteiger partial charge in [-0.3, -0.25) is 0 Å². The Bertz CT molecular complexity index is 2370. The quantitative estimate of drug-likeness (QED) is 0.191. The van der Waals surface area contributed by atoms with Gasteiger partial charge in [-0.1, -0.05) is 109 Å². The van der Waals surface area contributed by atoms with Gasteiger partial charge in [0.15, 0.2) is 0 Å². The summed E-state index contributed by atoms with van der Waals surface area (Å²) in [6.07, 6.45) is 0. The molecule has 0 radical (unpaired) electrons. The third kappa shape index (κ3) is 3.06. The van der Waals surface area contributed by atoms with Crippen LogP contribution in [0, 0.1) is 0 Å². The van der Waals surface area contributed by atoms with E-state index in [1.54, 1.807) is 0 Å². The zero-order valence-corrected chi connectivity index (χ0v) is 23.2. The Morgan fingerprint density at radius 1 is 0.400 bits per heavy atom. The van der Waals surface area contributed by atoms with Gasteiger partial charge in [0, 0.05) is 30.3 Å². The fourth-order valence-electron chi connectivity index (χ4n) is 6.68. The van der Waals surface area contributed by atoms with Crippen LogP contribution in [-0.4, -0.2) is 0 Å². The lowest BCUT2D eigenvalue weighted by Gasteiger charge is -2.19. The Hall–Kier alpha value is -4.50. The molecule has 0 spiro atoms. The summed E-state index contributed by atoms with van der Waals surface area (Å²) in [5, 5.41) is 14.1. The molecule has 0 nitrogen and oxygen atoms in total. The van der Waals surface area contributed by atoms with Crippen LogP contribution in [0.2, 0.25) is 0 Å². The lowest BCUT2D eigenvalue weighted by Crippen LogP contribution is -1.92. The Kier molecular flexibility index (Phi) is 4.74. The van der Waals surface area contributed by atoms with Crippen LogP contribution >= 0.6 is 22.7 Å². The van der Waals surface area contributed by atoms with Crippen molar-refractivity contribution in [1.82, 2.24) is 0 Å². The fraction of sp³-hybridized carbons (Fsp3) is 0. The van der Waals surface area contributed by atoms with Crippen molar-refractivity contribution in [3.8, 4) is 22.3 Å². The Balaban J connectivity index is 1.48. The summed E-state index contributed by atoms with van der Waals surface area (Å²) < 4.78 is 4.10. The van der Waals surface area contributed by atoms with E-state index in [-0.39, 0.29) is 0 Å². The highest BCUT2D eigenvalue weighted by molar-refractivity contribution is 7.27. The number of hydrogen-bond donors (Lipinski definition) is 0. The molecular formula is C38H22S2. The normalized spacial score (nSPS) is 12.0. The predicted molar refractivity (Wildman–Crippen MR) is 178 cm³/mol. The molecule has 0 fully saturated rings. The summed E-state index contributed by atoms with van der Waals surface area (Å²) in [6.45, 7) is 0. The average Bonchev–Trinajstić information content (AvgIpc) is 3.64. The zero-order valence-electron chi connectivity index (χ0n) is 21.5. The van der Waals surface area contributed by atoms with Crippen LogP contribution in [0.25, 0.3) is 84.8 Å². The smallest absolute Gasteiger partial charge is 0.0442 e. The highest BCUT2D eigenvalue weighted by Crippen LogP contribution is 2.50. The van der Waals surface area contributed by atoms with Gasteiger partial charge in [0.05, 0.1) is 0 Å². The SMILES string of the molecule is c1ccc2c(-c3c4ccccc4c(-c4cc5sc6ccccc6c5c5sccc45)c4ccccc34)cccc2c1. The van der Waals surface area contributed by atoms with Crippen molar-refractivity contribution in [1.29, 1.82) is 0 Å². The average molecular weight is 543 g/mol. The summed E-state index contributed by atoms with van der Waals surface area (Å²) in [5.74, 6) is 0. The van der Waals surface area contributed by atoms with E-state index in [2.05, 4.69) is 133 Å². The van der Waals surface area contributed by atoms with Crippen molar-refractivity contribution in [2.24, 2.45) is 0 Å². The minimum Gasteiger partial charge on any atom is -0.143 e. The third-order valence-corrected chi connectivity index (χ3v) is 10.4. The van der Waals surface area contributed by atoms with Crippen molar-refractivity contribution >= 4 is 85.2 Å². The summed E-state index contributed by atoms with van der Waals surface area (Å²) in [6, 6.07) is 47.1. The number of fused-ring (bicyclic) bond motifs is 8. The monoisotopic (exact) mass is 542 g/mol. The summed E-state index contributed by atoms with van der Waals surface area (Å²) in [5.41, 5.74) is 5.26. The Morgan fingerprint density at radius 2 is 0.975 bits per heavy atom. The lowest BCUT2D eigenvalue weighted by atomic mass is 9.84. The summed E-state index contributed by atoms with van der Waals surface area (Å²) >= 11 is 3.77. The number of thiophene rings is 2. The first kappa shape index (κ1) is 22.3. The van der Waals surface area contributed by atoms with Gasteiger partial charge in [-0.2, -0.15) is 0 Å². The molecule has 0 aliphatic heterocycles. The molecule has 0 aliphatic carbocycles. The van der Waals surface area contributed by atoms with E-state index >= 15 is 0 Å². The first-order valence-electron chi connectivity index (χ1n) is 13.6. The maximum atomic E-state index is 2.46. The molecule has 7 aromatic carbocycles. The maximum absolute atomic E-state index is 2.46. The van der Waals surface area contributed by atoms with Crippen molar-refractivity contribution in [3.05, 3.63) is 133 Å². The fourth-order valence-corrected chi connectivity index (χ4v) is 8.89. The van der Waals surface area contributed by atoms with E-state index in [1.807, 2.05) is 22.7 Å². The molecule has 9 rings (SSSR count). The Morgan fingerprint density at radius 3 is 1.70 bits per heavy atom. The van der Waals surface area contributed by atoms with Crippen LogP contribution in [0.1, 0.15) is 0 Å². The van der Waals surface area contributed by atoms with Crippen molar-refractivity contribution in [2.75, 3.05) is 0 Å². The molecule has 40 heavy (non-hydrogen) atoms. The van der Waals surface area contributed by atoms with Gasteiger partial charge in [-0.05, 0) is 78.2 Å². The van der Waals surface area contributed by atoms with Crippen LogP contribution in [0.3, 0.4) is 0 Å². The zero-order chi connectivity index (χ0) is 26.2. The minimum atomic E-state index is 1.27. The topological polar surface area (TPSA) is 0 Å². The largest absolute Gasteiger partial charge is 0.143 e. The number of hydrogen-bond acceptors (Lipinski definition) is 2. The molecule has 0 saturated carbocycles. The van der Waals surface area contributed by atoms with E-state index < -0.39 is 0 Å². The van der Waals surface area contributed by atoms with Gasteiger partial charge in [0.2, 0.25) is 0 Å². The molecule has 0 amide bonds. The second kappa shape index (κ2) is 8.50. The van der Waals surface area contributed by atoms with Crippen molar-refractivity contribution < 1.29 is 0 Å². The maximum Gasteiger partial charge on any atom is 0.0442 e. The van der Waals surface area contributed by atoms with Crippen LogP contribution in [0.5, 0.6) is 0 Å². The van der Waals surface area contributed by atoms with E-state index in [1.165, 1.54) is 84.8 Å². The molecule has 0 bridgehead atoms. The molecule has 0 N–H and O–H groups in total. The van der Waals surface area contributed by atoms with Crippen molar-refractivity contribution in [3.63, 3.8) is 0 Å². The first-order chi connectivity index (χ1) is 19.9. The molecule has 2 heteroatoms.